The van der Waals surface area contributed by atoms with Gasteiger partial charge in [0, 0.05) is 6.54 Å². The van der Waals surface area contributed by atoms with Crippen LogP contribution in [0.2, 0.25) is 0 Å². The zero-order valence-electron chi connectivity index (χ0n) is 11.3. The summed E-state index contributed by atoms with van der Waals surface area (Å²) in [4.78, 5) is 14.2. The number of nitrogens with one attached hydrogen (secondary N) is 1. The highest BCUT2D eigenvalue weighted by Crippen LogP contribution is 2.21. The fourth-order valence-electron chi connectivity index (χ4n) is 2.35. The minimum atomic E-state index is 0.0520. The largest absolute Gasteiger partial charge is 0.325 e. The van der Waals surface area contributed by atoms with Gasteiger partial charge < -0.3 is 4.90 Å². The molecule has 0 saturated carbocycles. The van der Waals surface area contributed by atoms with Gasteiger partial charge in [0.25, 0.3) is 0 Å². The average molecular weight is 226 g/mol. The summed E-state index contributed by atoms with van der Waals surface area (Å²) in [5.41, 5.74) is 0. The van der Waals surface area contributed by atoms with Gasteiger partial charge in [0.05, 0.1) is 12.2 Å². The lowest BCUT2D eigenvalue weighted by Gasteiger charge is -2.28. The van der Waals surface area contributed by atoms with E-state index in [0.717, 1.165) is 19.4 Å². The van der Waals surface area contributed by atoms with Crippen LogP contribution in [0.5, 0.6) is 0 Å². The summed E-state index contributed by atoms with van der Waals surface area (Å²) < 4.78 is 0. The van der Waals surface area contributed by atoms with Gasteiger partial charge in [-0.25, -0.2) is 0 Å². The molecule has 1 N–H and O–H groups in total. The SMILES string of the molecule is CCCC1NC(C(C)C)N(CC(C)C)C1=O. The van der Waals surface area contributed by atoms with Gasteiger partial charge in [-0.2, -0.15) is 0 Å². The summed E-state index contributed by atoms with van der Waals surface area (Å²) in [6, 6.07) is 0.0520. The molecule has 0 aliphatic carbocycles. The third-order valence-electron chi connectivity index (χ3n) is 3.06. The lowest BCUT2D eigenvalue weighted by molar-refractivity contribution is -0.131. The van der Waals surface area contributed by atoms with Gasteiger partial charge in [0.2, 0.25) is 5.91 Å². The van der Waals surface area contributed by atoms with Crippen molar-refractivity contribution in [1.29, 1.82) is 0 Å². The van der Waals surface area contributed by atoms with Gasteiger partial charge in [-0.3, -0.25) is 10.1 Å². The number of rotatable bonds is 5. The molecule has 1 amide bonds. The summed E-state index contributed by atoms with van der Waals surface area (Å²) >= 11 is 0. The van der Waals surface area contributed by atoms with Crippen molar-refractivity contribution in [1.82, 2.24) is 10.2 Å². The van der Waals surface area contributed by atoms with E-state index in [0.29, 0.717) is 17.7 Å². The quantitative estimate of drug-likeness (QED) is 0.779. The van der Waals surface area contributed by atoms with Gasteiger partial charge in [-0.1, -0.05) is 41.0 Å². The fraction of sp³-hybridized carbons (Fsp3) is 0.923. The van der Waals surface area contributed by atoms with E-state index in [4.69, 9.17) is 0 Å². The molecule has 1 aliphatic rings. The van der Waals surface area contributed by atoms with Crippen LogP contribution in [0.3, 0.4) is 0 Å². The van der Waals surface area contributed by atoms with Crippen LogP contribution in [0.25, 0.3) is 0 Å². The van der Waals surface area contributed by atoms with E-state index >= 15 is 0 Å². The van der Waals surface area contributed by atoms with E-state index < -0.39 is 0 Å². The maximum Gasteiger partial charge on any atom is 0.241 e. The van der Waals surface area contributed by atoms with Crippen molar-refractivity contribution in [3.63, 3.8) is 0 Å². The molecule has 2 atom stereocenters. The fourth-order valence-corrected chi connectivity index (χ4v) is 2.35. The molecule has 1 rings (SSSR count). The van der Waals surface area contributed by atoms with Crippen LogP contribution in [-0.2, 0) is 4.79 Å². The Kier molecular flexibility index (Phi) is 4.78. The number of hydrogen-bond donors (Lipinski definition) is 1. The zero-order chi connectivity index (χ0) is 12.3. The molecular formula is C13H26N2O. The topological polar surface area (TPSA) is 32.3 Å². The van der Waals surface area contributed by atoms with Gasteiger partial charge in [0.15, 0.2) is 0 Å². The van der Waals surface area contributed by atoms with Crippen molar-refractivity contribution in [3.05, 3.63) is 0 Å². The van der Waals surface area contributed by atoms with E-state index in [1.54, 1.807) is 0 Å². The van der Waals surface area contributed by atoms with Gasteiger partial charge >= 0.3 is 0 Å². The average Bonchev–Trinajstić information content (AvgIpc) is 2.46. The highest BCUT2D eigenvalue weighted by atomic mass is 16.2. The van der Waals surface area contributed by atoms with Crippen molar-refractivity contribution in [2.75, 3.05) is 6.54 Å². The highest BCUT2D eigenvalue weighted by Gasteiger charge is 2.39. The minimum absolute atomic E-state index is 0.0520. The van der Waals surface area contributed by atoms with Gasteiger partial charge in [-0.05, 0) is 18.3 Å². The second-order valence-electron chi connectivity index (χ2n) is 5.58. The lowest BCUT2D eigenvalue weighted by atomic mass is 10.1. The van der Waals surface area contributed by atoms with Gasteiger partial charge in [-0.15, -0.1) is 0 Å². The van der Waals surface area contributed by atoms with Crippen LogP contribution in [0.1, 0.15) is 47.5 Å². The van der Waals surface area contributed by atoms with Crippen LogP contribution in [0.15, 0.2) is 0 Å². The molecule has 0 aromatic carbocycles. The summed E-state index contributed by atoms with van der Waals surface area (Å²) in [6.45, 7) is 11.7. The normalized spacial score (nSPS) is 26.2. The molecule has 0 bridgehead atoms. The third-order valence-corrected chi connectivity index (χ3v) is 3.06. The lowest BCUT2D eigenvalue weighted by Crippen LogP contribution is -2.43. The first-order valence-corrected chi connectivity index (χ1v) is 6.53. The molecular weight excluding hydrogens is 200 g/mol. The molecule has 1 heterocycles. The Morgan fingerprint density at radius 2 is 1.94 bits per heavy atom. The minimum Gasteiger partial charge on any atom is -0.325 e. The monoisotopic (exact) mass is 226 g/mol. The van der Waals surface area contributed by atoms with Crippen molar-refractivity contribution in [2.45, 2.75) is 59.7 Å². The first kappa shape index (κ1) is 13.5. The van der Waals surface area contributed by atoms with Gasteiger partial charge in [0.1, 0.15) is 0 Å². The van der Waals surface area contributed by atoms with Crippen LogP contribution >= 0.6 is 0 Å². The number of carbonyl (C=O) groups excluding carboxylic acids is 1. The summed E-state index contributed by atoms with van der Waals surface area (Å²) in [5, 5.41) is 3.47. The smallest absolute Gasteiger partial charge is 0.241 e. The molecule has 16 heavy (non-hydrogen) atoms. The van der Waals surface area contributed by atoms with Crippen LogP contribution in [0.4, 0.5) is 0 Å². The number of amides is 1. The molecule has 94 valence electrons. The molecule has 3 nitrogen and oxygen atoms in total. The van der Waals surface area contributed by atoms with E-state index in [9.17, 15) is 4.79 Å². The maximum absolute atomic E-state index is 12.2. The summed E-state index contributed by atoms with van der Waals surface area (Å²) in [5.74, 6) is 1.31. The van der Waals surface area contributed by atoms with Crippen molar-refractivity contribution in [3.8, 4) is 0 Å². The second-order valence-corrected chi connectivity index (χ2v) is 5.58. The maximum atomic E-state index is 12.2. The Morgan fingerprint density at radius 3 is 2.38 bits per heavy atom. The Hall–Kier alpha value is -0.570. The van der Waals surface area contributed by atoms with Crippen molar-refractivity contribution < 1.29 is 4.79 Å². The van der Waals surface area contributed by atoms with Crippen molar-refractivity contribution >= 4 is 5.91 Å². The molecule has 0 spiro atoms. The molecule has 0 radical (unpaired) electrons. The van der Waals surface area contributed by atoms with E-state index in [-0.39, 0.29) is 12.2 Å². The Morgan fingerprint density at radius 1 is 1.31 bits per heavy atom. The Bertz CT molecular complexity index is 238. The second kappa shape index (κ2) is 5.67. The van der Waals surface area contributed by atoms with E-state index in [1.165, 1.54) is 0 Å². The highest BCUT2D eigenvalue weighted by molar-refractivity contribution is 5.84. The molecule has 0 aromatic heterocycles. The molecule has 0 aromatic rings. The third kappa shape index (κ3) is 2.97. The van der Waals surface area contributed by atoms with Crippen LogP contribution < -0.4 is 5.32 Å². The number of nitrogens with zero attached hydrogens (tertiary/aromatic N) is 1. The van der Waals surface area contributed by atoms with E-state index in [2.05, 4.69) is 39.9 Å². The number of hydrogen-bond acceptors (Lipinski definition) is 2. The zero-order valence-corrected chi connectivity index (χ0v) is 11.3. The molecule has 1 aliphatic heterocycles. The number of carbonyl (C=O) groups is 1. The molecule has 1 fully saturated rings. The van der Waals surface area contributed by atoms with Crippen LogP contribution in [0, 0.1) is 11.8 Å². The Balaban J connectivity index is 2.72. The van der Waals surface area contributed by atoms with E-state index in [1.807, 2.05) is 4.90 Å². The van der Waals surface area contributed by atoms with Crippen molar-refractivity contribution in [2.24, 2.45) is 11.8 Å². The predicted octanol–water partition coefficient (Wildman–Crippen LogP) is 2.22. The van der Waals surface area contributed by atoms with Crippen LogP contribution in [-0.4, -0.2) is 29.6 Å². The molecule has 3 heteroatoms. The Labute approximate surface area is 99.6 Å². The molecule has 1 saturated heterocycles. The predicted molar refractivity (Wildman–Crippen MR) is 67.0 cm³/mol. The standard InChI is InChI=1S/C13H26N2O/c1-6-7-11-13(16)15(8-9(2)3)12(14-11)10(4)5/h9-12,14H,6-8H2,1-5H3. The summed E-state index contributed by atoms with van der Waals surface area (Å²) in [6.07, 6.45) is 2.24. The summed E-state index contributed by atoms with van der Waals surface area (Å²) in [7, 11) is 0. The first-order chi connectivity index (χ1) is 7.47. The first-order valence-electron chi connectivity index (χ1n) is 6.53. The molecule has 2 unspecified atom stereocenters.